The molecule has 0 aliphatic carbocycles. The fourth-order valence-electron chi connectivity index (χ4n) is 0.606. The zero-order valence-electron chi connectivity index (χ0n) is 5.98. The van der Waals surface area contributed by atoms with Crippen LogP contribution >= 0.6 is 0 Å². The molecule has 0 amide bonds. The van der Waals surface area contributed by atoms with Gasteiger partial charge in [0.15, 0.2) is 0 Å². The average molecular weight is 126 g/mol. The summed E-state index contributed by atoms with van der Waals surface area (Å²) in [4.78, 5) is 2.44. The third-order valence-electron chi connectivity index (χ3n) is 1.13. The first kappa shape index (κ1) is 8.40. The van der Waals surface area contributed by atoms with Crippen LogP contribution in [0.15, 0.2) is 0 Å². The van der Waals surface area contributed by atoms with Gasteiger partial charge < -0.3 is 0 Å². The van der Waals surface area contributed by atoms with Crippen molar-refractivity contribution < 1.29 is 0 Å². The van der Waals surface area contributed by atoms with Crippen molar-refractivity contribution in [2.45, 2.75) is 38.4 Å². The van der Waals surface area contributed by atoms with Gasteiger partial charge in [-0.05, 0) is 0 Å². The number of hydrogen-bond donors (Lipinski definition) is 0. The van der Waals surface area contributed by atoms with E-state index >= 15 is 0 Å². The van der Waals surface area contributed by atoms with Crippen molar-refractivity contribution in [2.75, 3.05) is 0 Å². The summed E-state index contributed by atoms with van der Waals surface area (Å²) in [6, 6.07) is 0. The van der Waals surface area contributed by atoms with Gasteiger partial charge in [0.05, 0.1) is 0 Å². The Kier molecular flexibility index (Phi) is 7.77. The van der Waals surface area contributed by atoms with Crippen LogP contribution in [0.3, 0.4) is 0 Å². The van der Waals surface area contributed by atoms with Crippen LogP contribution in [0.5, 0.6) is 0 Å². The first-order chi connectivity index (χ1) is 3.91. The van der Waals surface area contributed by atoms with Gasteiger partial charge in [-0.1, -0.05) is 0 Å². The normalized spacial score (nSPS) is 9.75. The number of rotatable bonds is 4. The van der Waals surface area contributed by atoms with E-state index < -0.39 is 0 Å². The van der Waals surface area contributed by atoms with Gasteiger partial charge in [-0.15, -0.1) is 0 Å². The minimum atomic E-state index is 0.695. The van der Waals surface area contributed by atoms with Crippen molar-refractivity contribution in [2.24, 2.45) is 0 Å². The molecule has 0 fully saturated rings. The summed E-state index contributed by atoms with van der Waals surface area (Å²) in [7, 11) is 0. The summed E-state index contributed by atoms with van der Waals surface area (Å²) in [5, 5.41) is 1.48. The Balaban J connectivity index is 2.80. The summed E-state index contributed by atoms with van der Waals surface area (Å²) in [6.45, 7) is 4.48. The van der Waals surface area contributed by atoms with E-state index in [1.165, 1.54) is 24.5 Å². The number of hydrogen-bond acceptors (Lipinski definition) is 0. The minimum absolute atomic E-state index is 0.695. The van der Waals surface area contributed by atoms with E-state index in [0.29, 0.717) is 14.8 Å². The predicted molar refractivity (Wildman–Crippen MR) is 41.8 cm³/mol. The van der Waals surface area contributed by atoms with Crippen LogP contribution in [-0.4, -0.2) is 19.7 Å². The molecular formula is C7H15Al. The van der Waals surface area contributed by atoms with Crippen LogP contribution < -0.4 is 0 Å². The Morgan fingerprint density at radius 1 is 1.38 bits per heavy atom. The predicted octanol–water partition coefficient (Wildman–Crippen LogP) is 2.12. The van der Waals surface area contributed by atoms with E-state index in [1.54, 1.807) is 0 Å². The van der Waals surface area contributed by atoms with Crippen LogP contribution in [-0.2, 0) is 0 Å². The van der Waals surface area contributed by atoms with Gasteiger partial charge in [0.25, 0.3) is 0 Å². The summed E-state index contributed by atoms with van der Waals surface area (Å²) < 4.78 is 0. The second-order valence-corrected chi connectivity index (χ2v) is 3.54. The van der Waals surface area contributed by atoms with E-state index in [1.807, 2.05) is 0 Å². The monoisotopic (exact) mass is 126 g/mol. The Morgan fingerprint density at radius 3 is 2.62 bits per heavy atom. The van der Waals surface area contributed by atoms with Crippen molar-refractivity contribution in [3.8, 4) is 0 Å². The molecule has 46 valence electrons. The molecule has 0 saturated heterocycles. The topological polar surface area (TPSA) is 0 Å². The van der Waals surface area contributed by atoms with Crippen molar-refractivity contribution in [3.05, 3.63) is 0 Å². The second kappa shape index (κ2) is 7.40. The van der Waals surface area contributed by atoms with Crippen LogP contribution in [0.1, 0.15) is 33.1 Å². The Morgan fingerprint density at radius 2 is 2.12 bits per heavy atom. The fraction of sp³-hybridized carbons (Fsp3) is 0.857. The van der Waals surface area contributed by atoms with Gasteiger partial charge in [0.1, 0.15) is 0 Å². The van der Waals surface area contributed by atoms with E-state index in [2.05, 4.69) is 18.7 Å². The van der Waals surface area contributed by atoms with Crippen molar-refractivity contribution in [3.63, 3.8) is 0 Å². The molecule has 0 heterocycles. The van der Waals surface area contributed by atoms with E-state index in [4.69, 9.17) is 0 Å². The Labute approximate surface area is 58.5 Å². The molecule has 0 aromatic rings. The Bertz CT molecular complexity index is 57.4. The molecule has 8 heavy (non-hydrogen) atoms. The molecule has 0 unspecified atom stereocenters. The van der Waals surface area contributed by atoms with Crippen molar-refractivity contribution in [1.82, 2.24) is 0 Å². The summed E-state index contributed by atoms with van der Waals surface area (Å²) in [5.74, 6) is 0. The fourth-order valence-corrected chi connectivity index (χ4v) is 1.82. The van der Waals surface area contributed by atoms with Gasteiger partial charge in [-0.2, -0.15) is 0 Å². The molecular weight excluding hydrogens is 111 g/mol. The molecule has 0 nitrogen and oxygen atoms in total. The van der Waals surface area contributed by atoms with E-state index in [9.17, 15) is 0 Å². The molecule has 0 saturated carbocycles. The van der Waals surface area contributed by atoms with Crippen LogP contribution in [0.4, 0.5) is 0 Å². The van der Waals surface area contributed by atoms with Gasteiger partial charge in [-0.3, -0.25) is 0 Å². The van der Waals surface area contributed by atoms with E-state index in [-0.39, 0.29) is 0 Å². The van der Waals surface area contributed by atoms with E-state index in [0.717, 1.165) is 0 Å². The quantitative estimate of drug-likeness (QED) is 0.400. The number of unbranched alkanes of at least 4 members (excludes halogenated alkanes) is 1. The van der Waals surface area contributed by atoms with Crippen molar-refractivity contribution >= 4 is 19.7 Å². The molecule has 0 radical (unpaired) electrons. The van der Waals surface area contributed by atoms with Crippen LogP contribution in [0.2, 0.25) is 5.28 Å². The average Bonchev–Trinajstić information content (AvgIpc) is 1.81. The summed E-state index contributed by atoms with van der Waals surface area (Å²) in [5.41, 5.74) is 0. The molecule has 0 aliphatic rings. The third-order valence-corrected chi connectivity index (χ3v) is 2.67. The van der Waals surface area contributed by atoms with Gasteiger partial charge in [0.2, 0.25) is 0 Å². The zero-order valence-corrected chi connectivity index (χ0v) is 7.14. The maximum atomic E-state index is 2.44. The summed E-state index contributed by atoms with van der Waals surface area (Å²) >= 11 is 0.695. The SMILES string of the molecule is CC[CH]=[Al][CH2]CCC. The molecule has 1 heteroatoms. The second-order valence-electron chi connectivity index (χ2n) is 2.02. The molecule has 0 aliphatic heterocycles. The van der Waals surface area contributed by atoms with Crippen LogP contribution in [0, 0.1) is 0 Å². The zero-order chi connectivity index (χ0) is 6.24. The van der Waals surface area contributed by atoms with Gasteiger partial charge in [-0.25, -0.2) is 0 Å². The summed E-state index contributed by atoms with van der Waals surface area (Å²) in [6.07, 6.45) is 4.08. The third kappa shape index (κ3) is 6.40. The first-order valence-electron chi connectivity index (χ1n) is 3.56. The molecule has 0 N–H and O–H groups in total. The Hall–Kier alpha value is 0.402. The molecule has 0 spiro atoms. The van der Waals surface area contributed by atoms with Crippen LogP contribution in [0.25, 0.3) is 0 Å². The molecule has 0 aromatic heterocycles. The van der Waals surface area contributed by atoms with Crippen molar-refractivity contribution in [1.29, 1.82) is 0 Å². The molecule has 0 aromatic carbocycles. The first-order valence-corrected chi connectivity index (χ1v) is 5.05. The molecule has 0 rings (SSSR count). The maximum absolute atomic E-state index is 2.44. The molecule has 0 atom stereocenters. The standard InChI is InChI=1S/C4H9.C3H6.Al/c1-3-4-2;1-3-2;/h1,3-4H2,2H3;1H,3H2,2H3;. The van der Waals surface area contributed by atoms with Gasteiger partial charge in [0, 0.05) is 0 Å². The van der Waals surface area contributed by atoms with Gasteiger partial charge >= 0.3 is 58.1 Å². The molecule has 0 bridgehead atoms.